The third-order valence-electron chi connectivity index (χ3n) is 3.29. The lowest BCUT2D eigenvalue weighted by Gasteiger charge is -2.34. The van der Waals surface area contributed by atoms with E-state index in [1.165, 1.54) is 19.3 Å². The maximum absolute atomic E-state index is 5.92. The second-order valence-electron chi connectivity index (χ2n) is 5.14. The van der Waals surface area contributed by atoms with Crippen molar-refractivity contribution >= 4 is 0 Å². The van der Waals surface area contributed by atoms with Gasteiger partial charge in [-0.05, 0) is 46.1 Å². The van der Waals surface area contributed by atoms with Gasteiger partial charge in [0.2, 0.25) is 0 Å². The Bertz CT molecular complexity index is 185. The van der Waals surface area contributed by atoms with Crippen LogP contribution in [0.5, 0.6) is 0 Å². The highest BCUT2D eigenvalue weighted by atomic mass is 16.5. The Hall–Kier alpha value is -0.120. The topological polar surface area (TPSA) is 30.5 Å². The minimum atomic E-state index is 0.300. The molecule has 96 valence electrons. The summed E-state index contributed by atoms with van der Waals surface area (Å²) < 4.78 is 11.4. The second-order valence-corrected chi connectivity index (χ2v) is 5.14. The molecule has 1 aliphatic rings. The number of likely N-dealkylation sites (N-methyl/N-ethyl adjacent to an activating group) is 1. The van der Waals surface area contributed by atoms with E-state index < -0.39 is 0 Å². The van der Waals surface area contributed by atoms with E-state index in [9.17, 15) is 0 Å². The highest BCUT2D eigenvalue weighted by molar-refractivity contribution is 4.83. The van der Waals surface area contributed by atoms with Gasteiger partial charge in [0.05, 0.1) is 25.4 Å². The van der Waals surface area contributed by atoms with Crippen molar-refractivity contribution < 1.29 is 9.47 Å². The minimum absolute atomic E-state index is 0.300. The molecule has 0 aromatic carbocycles. The molecule has 0 heterocycles. The third-order valence-corrected chi connectivity index (χ3v) is 3.29. The number of nitrogens with one attached hydrogen (secondary N) is 1. The van der Waals surface area contributed by atoms with Crippen LogP contribution in [-0.4, -0.2) is 38.5 Å². The van der Waals surface area contributed by atoms with Gasteiger partial charge in [0.1, 0.15) is 0 Å². The van der Waals surface area contributed by atoms with Gasteiger partial charge in [-0.3, -0.25) is 0 Å². The number of ether oxygens (including phenoxy) is 2. The summed E-state index contributed by atoms with van der Waals surface area (Å²) in [6.45, 7) is 7.84. The summed E-state index contributed by atoms with van der Waals surface area (Å²) in [6, 6.07) is 0.523. The van der Waals surface area contributed by atoms with Gasteiger partial charge >= 0.3 is 0 Å². The molecule has 0 aromatic rings. The van der Waals surface area contributed by atoms with Crippen molar-refractivity contribution in [3.8, 4) is 0 Å². The molecular formula is C13H27NO2. The zero-order valence-corrected chi connectivity index (χ0v) is 11.2. The van der Waals surface area contributed by atoms with Crippen molar-refractivity contribution in [2.45, 2.75) is 58.3 Å². The Balaban J connectivity index is 2.21. The van der Waals surface area contributed by atoms with Crippen LogP contribution in [-0.2, 0) is 9.47 Å². The van der Waals surface area contributed by atoms with Crippen LogP contribution in [0.25, 0.3) is 0 Å². The Morgan fingerprint density at radius 2 is 2.00 bits per heavy atom. The Labute approximate surface area is 99.9 Å². The van der Waals surface area contributed by atoms with Crippen molar-refractivity contribution in [2.75, 3.05) is 20.3 Å². The van der Waals surface area contributed by atoms with Gasteiger partial charge < -0.3 is 14.8 Å². The van der Waals surface area contributed by atoms with Gasteiger partial charge in [0.25, 0.3) is 0 Å². The smallest absolute Gasteiger partial charge is 0.0731 e. The summed E-state index contributed by atoms with van der Waals surface area (Å²) in [4.78, 5) is 0. The molecule has 0 aromatic heterocycles. The summed E-state index contributed by atoms with van der Waals surface area (Å²) in [5.41, 5.74) is 0. The van der Waals surface area contributed by atoms with E-state index in [-0.39, 0.29) is 0 Å². The van der Waals surface area contributed by atoms with Gasteiger partial charge in [-0.2, -0.15) is 0 Å². The number of hydrogen-bond donors (Lipinski definition) is 1. The fourth-order valence-corrected chi connectivity index (χ4v) is 2.33. The van der Waals surface area contributed by atoms with Crippen LogP contribution >= 0.6 is 0 Å². The van der Waals surface area contributed by atoms with E-state index in [4.69, 9.17) is 9.47 Å². The normalized spacial score (nSPS) is 30.9. The Kier molecular flexibility index (Phi) is 6.32. The van der Waals surface area contributed by atoms with Crippen LogP contribution in [0.1, 0.15) is 40.0 Å². The summed E-state index contributed by atoms with van der Waals surface area (Å²) in [5, 5.41) is 3.36. The molecule has 0 radical (unpaired) electrons. The number of hydrogen-bond acceptors (Lipinski definition) is 3. The standard InChI is InChI=1S/C13H27NO2/c1-10(2)15-7-8-16-13-9-11(3)5-6-12(13)14-4/h10-14H,5-9H2,1-4H3. The number of rotatable bonds is 6. The first kappa shape index (κ1) is 13.9. The van der Waals surface area contributed by atoms with Crippen molar-refractivity contribution in [3.05, 3.63) is 0 Å². The van der Waals surface area contributed by atoms with Crippen molar-refractivity contribution in [1.29, 1.82) is 0 Å². The molecule has 0 spiro atoms. The third kappa shape index (κ3) is 4.81. The van der Waals surface area contributed by atoms with Crippen molar-refractivity contribution in [3.63, 3.8) is 0 Å². The molecule has 3 unspecified atom stereocenters. The predicted molar refractivity (Wildman–Crippen MR) is 66.7 cm³/mol. The highest BCUT2D eigenvalue weighted by Gasteiger charge is 2.27. The predicted octanol–water partition coefficient (Wildman–Crippen LogP) is 2.20. The van der Waals surface area contributed by atoms with E-state index in [0.717, 1.165) is 5.92 Å². The quantitative estimate of drug-likeness (QED) is 0.708. The first-order chi connectivity index (χ1) is 7.63. The van der Waals surface area contributed by atoms with Crippen molar-refractivity contribution in [1.82, 2.24) is 5.32 Å². The summed E-state index contributed by atoms with van der Waals surface area (Å²) in [5.74, 6) is 0.792. The monoisotopic (exact) mass is 229 g/mol. The summed E-state index contributed by atoms with van der Waals surface area (Å²) in [6.07, 6.45) is 4.38. The summed E-state index contributed by atoms with van der Waals surface area (Å²) >= 11 is 0. The zero-order valence-electron chi connectivity index (χ0n) is 11.2. The SMILES string of the molecule is CNC1CCC(C)CC1OCCOC(C)C. The first-order valence-electron chi connectivity index (χ1n) is 6.54. The van der Waals surface area contributed by atoms with Crippen LogP contribution in [0.3, 0.4) is 0 Å². The minimum Gasteiger partial charge on any atom is -0.376 e. The van der Waals surface area contributed by atoms with Crippen LogP contribution in [0.4, 0.5) is 0 Å². The van der Waals surface area contributed by atoms with Crippen LogP contribution in [0, 0.1) is 5.92 Å². The van der Waals surface area contributed by atoms with Crippen LogP contribution in [0.15, 0.2) is 0 Å². The molecule has 0 saturated heterocycles. The van der Waals surface area contributed by atoms with Crippen LogP contribution in [0.2, 0.25) is 0 Å². The van der Waals surface area contributed by atoms with E-state index in [2.05, 4.69) is 26.1 Å². The molecule has 0 bridgehead atoms. The zero-order chi connectivity index (χ0) is 12.0. The second kappa shape index (κ2) is 7.25. The van der Waals surface area contributed by atoms with Gasteiger partial charge in [-0.1, -0.05) is 6.92 Å². The lowest BCUT2D eigenvalue weighted by molar-refractivity contribution is -0.0428. The van der Waals surface area contributed by atoms with E-state index >= 15 is 0 Å². The molecule has 3 heteroatoms. The maximum Gasteiger partial charge on any atom is 0.0731 e. The van der Waals surface area contributed by atoms with Gasteiger partial charge in [-0.15, -0.1) is 0 Å². The molecule has 1 fully saturated rings. The molecule has 16 heavy (non-hydrogen) atoms. The average molecular weight is 229 g/mol. The van der Waals surface area contributed by atoms with Crippen LogP contribution < -0.4 is 5.32 Å². The van der Waals surface area contributed by atoms with Crippen molar-refractivity contribution in [2.24, 2.45) is 5.92 Å². The largest absolute Gasteiger partial charge is 0.376 e. The molecule has 1 aliphatic carbocycles. The molecule has 0 aliphatic heterocycles. The Morgan fingerprint density at radius 3 is 2.62 bits per heavy atom. The lowest BCUT2D eigenvalue weighted by atomic mass is 9.85. The molecule has 0 amide bonds. The lowest BCUT2D eigenvalue weighted by Crippen LogP contribution is -2.44. The molecule has 3 nitrogen and oxygen atoms in total. The van der Waals surface area contributed by atoms with Gasteiger partial charge in [-0.25, -0.2) is 0 Å². The van der Waals surface area contributed by atoms with E-state index in [1.54, 1.807) is 0 Å². The average Bonchev–Trinajstić information content (AvgIpc) is 2.24. The molecule has 1 saturated carbocycles. The molecule has 3 atom stereocenters. The molecule has 1 rings (SSSR count). The summed E-state index contributed by atoms with van der Waals surface area (Å²) in [7, 11) is 2.03. The molecular weight excluding hydrogens is 202 g/mol. The maximum atomic E-state index is 5.92. The molecule has 1 N–H and O–H groups in total. The Morgan fingerprint density at radius 1 is 1.25 bits per heavy atom. The van der Waals surface area contributed by atoms with Gasteiger partial charge in [0, 0.05) is 6.04 Å². The van der Waals surface area contributed by atoms with Gasteiger partial charge in [0.15, 0.2) is 0 Å². The first-order valence-corrected chi connectivity index (χ1v) is 6.54. The van der Waals surface area contributed by atoms with E-state index in [0.29, 0.717) is 31.5 Å². The van der Waals surface area contributed by atoms with E-state index in [1.807, 2.05) is 7.05 Å². The fraction of sp³-hybridized carbons (Fsp3) is 1.00. The fourth-order valence-electron chi connectivity index (χ4n) is 2.33. The highest BCUT2D eigenvalue weighted by Crippen LogP contribution is 2.26.